The lowest BCUT2D eigenvalue weighted by atomic mass is 9.83. The molecule has 30 heavy (non-hydrogen) atoms. The standard InChI is InChI=1S/C24H46N4O2/c1-4-25-24(26-18-23(27(2)3)20-10-6-5-7-11-20)28-15-13-21(14-16-28)30-19-22-12-8-9-17-29-22/h20-23H,4-19H2,1-3H3,(H,25,26). The van der Waals surface area contributed by atoms with Crippen molar-refractivity contribution in [2.75, 3.05) is 53.5 Å². The Morgan fingerprint density at radius 1 is 1.07 bits per heavy atom. The van der Waals surface area contributed by atoms with Gasteiger partial charge in [0.1, 0.15) is 0 Å². The molecular weight excluding hydrogens is 376 g/mol. The van der Waals surface area contributed by atoms with Crippen molar-refractivity contribution >= 4 is 5.96 Å². The Labute approximate surface area is 184 Å². The molecule has 1 N–H and O–H groups in total. The van der Waals surface area contributed by atoms with E-state index in [-0.39, 0.29) is 0 Å². The molecular formula is C24H46N4O2. The molecule has 174 valence electrons. The highest BCUT2D eigenvalue weighted by Gasteiger charge is 2.27. The van der Waals surface area contributed by atoms with E-state index in [9.17, 15) is 0 Å². The first-order valence-corrected chi connectivity index (χ1v) is 12.6. The first-order valence-electron chi connectivity index (χ1n) is 12.6. The van der Waals surface area contributed by atoms with Gasteiger partial charge in [0.25, 0.3) is 0 Å². The first-order chi connectivity index (χ1) is 14.7. The Morgan fingerprint density at radius 2 is 1.80 bits per heavy atom. The van der Waals surface area contributed by atoms with Crippen molar-refractivity contribution in [2.45, 2.75) is 89.4 Å². The number of aliphatic imine (C=N–C) groups is 1. The van der Waals surface area contributed by atoms with Crippen molar-refractivity contribution in [2.24, 2.45) is 10.9 Å². The van der Waals surface area contributed by atoms with Gasteiger partial charge in [0.15, 0.2) is 5.96 Å². The second kappa shape index (κ2) is 12.9. The molecule has 0 radical (unpaired) electrons. The number of guanidine groups is 1. The van der Waals surface area contributed by atoms with E-state index in [1.54, 1.807) is 0 Å². The zero-order valence-corrected chi connectivity index (χ0v) is 19.8. The number of ether oxygens (including phenoxy) is 2. The van der Waals surface area contributed by atoms with Crippen molar-refractivity contribution in [1.29, 1.82) is 0 Å². The minimum absolute atomic E-state index is 0.318. The van der Waals surface area contributed by atoms with Crippen LogP contribution < -0.4 is 5.32 Å². The molecule has 0 spiro atoms. The molecule has 0 bridgehead atoms. The summed E-state index contributed by atoms with van der Waals surface area (Å²) in [6.45, 7) is 7.71. The van der Waals surface area contributed by atoms with Crippen LogP contribution in [0, 0.1) is 5.92 Å². The molecule has 1 aliphatic carbocycles. The van der Waals surface area contributed by atoms with Crippen LogP contribution in [0.15, 0.2) is 4.99 Å². The van der Waals surface area contributed by atoms with Crippen molar-refractivity contribution in [3.8, 4) is 0 Å². The summed E-state index contributed by atoms with van der Waals surface area (Å²) in [5.74, 6) is 1.88. The van der Waals surface area contributed by atoms with E-state index in [0.717, 1.165) is 70.5 Å². The third-order valence-corrected chi connectivity index (χ3v) is 7.15. The number of rotatable bonds is 8. The second-order valence-corrected chi connectivity index (χ2v) is 9.63. The van der Waals surface area contributed by atoms with Gasteiger partial charge in [-0.25, -0.2) is 0 Å². The lowest BCUT2D eigenvalue weighted by molar-refractivity contribution is -0.0721. The van der Waals surface area contributed by atoms with Crippen molar-refractivity contribution in [1.82, 2.24) is 15.1 Å². The van der Waals surface area contributed by atoms with Gasteiger partial charge in [-0.3, -0.25) is 4.99 Å². The second-order valence-electron chi connectivity index (χ2n) is 9.63. The van der Waals surface area contributed by atoms with Crippen LogP contribution in [-0.2, 0) is 9.47 Å². The molecule has 6 nitrogen and oxygen atoms in total. The molecule has 2 unspecified atom stereocenters. The Balaban J connectivity index is 1.47. The van der Waals surface area contributed by atoms with Gasteiger partial charge in [-0.1, -0.05) is 19.3 Å². The Kier molecular flexibility index (Phi) is 10.2. The SMILES string of the molecule is CCNC(=NCC(C1CCCCC1)N(C)C)N1CCC(OCC2CCCCO2)CC1. The summed E-state index contributed by atoms with van der Waals surface area (Å²) < 4.78 is 12.0. The summed E-state index contributed by atoms with van der Waals surface area (Å²) in [6, 6.07) is 0.551. The fourth-order valence-electron chi connectivity index (χ4n) is 5.28. The maximum atomic E-state index is 6.20. The third-order valence-electron chi connectivity index (χ3n) is 7.15. The Hall–Kier alpha value is -0.850. The van der Waals surface area contributed by atoms with Crippen molar-refractivity contribution < 1.29 is 9.47 Å². The quantitative estimate of drug-likeness (QED) is 0.479. The topological polar surface area (TPSA) is 49.3 Å². The minimum atomic E-state index is 0.318. The van der Waals surface area contributed by atoms with E-state index in [4.69, 9.17) is 14.5 Å². The zero-order chi connectivity index (χ0) is 21.2. The van der Waals surface area contributed by atoms with Crippen LogP contribution >= 0.6 is 0 Å². The average molecular weight is 423 g/mol. The molecule has 0 aromatic heterocycles. The molecule has 2 saturated heterocycles. The summed E-state index contributed by atoms with van der Waals surface area (Å²) in [6.07, 6.45) is 13.4. The van der Waals surface area contributed by atoms with Crippen molar-refractivity contribution in [3.63, 3.8) is 0 Å². The highest BCUT2D eigenvalue weighted by Crippen LogP contribution is 2.28. The number of nitrogens with one attached hydrogen (secondary N) is 1. The van der Waals surface area contributed by atoms with Crippen LogP contribution in [0.25, 0.3) is 0 Å². The largest absolute Gasteiger partial charge is 0.376 e. The van der Waals surface area contributed by atoms with E-state index in [1.165, 1.54) is 44.9 Å². The molecule has 0 aromatic rings. The molecule has 3 aliphatic rings. The number of piperidine rings is 1. The molecule has 6 heteroatoms. The van der Waals surface area contributed by atoms with Crippen LogP contribution in [-0.4, -0.2) is 87.5 Å². The molecule has 2 heterocycles. The van der Waals surface area contributed by atoms with E-state index >= 15 is 0 Å². The Bertz CT molecular complexity index is 493. The lowest BCUT2D eigenvalue weighted by Crippen LogP contribution is -2.48. The summed E-state index contributed by atoms with van der Waals surface area (Å²) >= 11 is 0. The van der Waals surface area contributed by atoms with E-state index in [2.05, 4.69) is 36.1 Å². The Morgan fingerprint density at radius 3 is 2.43 bits per heavy atom. The van der Waals surface area contributed by atoms with Gasteiger partial charge < -0.3 is 24.6 Å². The predicted octanol–water partition coefficient (Wildman–Crippen LogP) is 3.51. The van der Waals surface area contributed by atoms with Crippen LogP contribution in [0.1, 0.15) is 71.1 Å². The molecule has 0 amide bonds. The summed E-state index contributed by atoms with van der Waals surface area (Å²) in [5.41, 5.74) is 0. The van der Waals surface area contributed by atoms with E-state index < -0.39 is 0 Å². The summed E-state index contributed by atoms with van der Waals surface area (Å²) in [5, 5.41) is 3.54. The average Bonchev–Trinajstić information content (AvgIpc) is 2.79. The fourth-order valence-corrected chi connectivity index (χ4v) is 5.28. The summed E-state index contributed by atoms with van der Waals surface area (Å²) in [4.78, 5) is 9.95. The van der Waals surface area contributed by atoms with Crippen LogP contribution in [0.5, 0.6) is 0 Å². The van der Waals surface area contributed by atoms with Crippen LogP contribution in [0.4, 0.5) is 0 Å². The predicted molar refractivity (Wildman–Crippen MR) is 124 cm³/mol. The zero-order valence-electron chi connectivity index (χ0n) is 19.8. The van der Waals surface area contributed by atoms with Gasteiger partial charge >= 0.3 is 0 Å². The third kappa shape index (κ3) is 7.38. The maximum Gasteiger partial charge on any atom is 0.193 e. The number of hydrogen-bond donors (Lipinski definition) is 1. The number of hydrogen-bond acceptors (Lipinski definition) is 4. The van der Waals surface area contributed by atoms with Gasteiger partial charge in [0.05, 0.1) is 25.4 Å². The fraction of sp³-hybridized carbons (Fsp3) is 0.958. The monoisotopic (exact) mass is 422 g/mol. The van der Waals surface area contributed by atoms with Gasteiger partial charge in [-0.2, -0.15) is 0 Å². The highest BCUT2D eigenvalue weighted by molar-refractivity contribution is 5.80. The molecule has 2 aliphatic heterocycles. The minimum Gasteiger partial charge on any atom is -0.376 e. The summed E-state index contributed by atoms with van der Waals surface area (Å²) in [7, 11) is 4.45. The number of nitrogens with zero attached hydrogens (tertiary/aromatic N) is 3. The van der Waals surface area contributed by atoms with Gasteiger partial charge in [-0.15, -0.1) is 0 Å². The smallest absolute Gasteiger partial charge is 0.193 e. The van der Waals surface area contributed by atoms with Crippen molar-refractivity contribution in [3.05, 3.63) is 0 Å². The van der Waals surface area contributed by atoms with Crippen LogP contribution in [0.2, 0.25) is 0 Å². The van der Waals surface area contributed by atoms with Gasteiger partial charge in [0, 0.05) is 32.3 Å². The molecule has 1 saturated carbocycles. The van der Waals surface area contributed by atoms with Crippen LogP contribution in [0.3, 0.4) is 0 Å². The molecule has 3 fully saturated rings. The van der Waals surface area contributed by atoms with Gasteiger partial charge in [0.2, 0.25) is 0 Å². The molecule has 3 rings (SSSR count). The number of likely N-dealkylation sites (tertiary alicyclic amines) is 1. The molecule has 2 atom stereocenters. The number of likely N-dealkylation sites (N-methyl/N-ethyl adjacent to an activating group) is 1. The maximum absolute atomic E-state index is 6.20. The highest BCUT2D eigenvalue weighted by atomic mass is 16.5. The van der Waals surface area contributed by atoms with E-state index in [1.807, 2.05) is 0 Å². The first kappa shape index (κ1) is 23.8. The van der Waals surface area contributed by atoms with Gasteiger partial charge in [-0.05, 0) is 71.9 Å². The van der Waals surface area contributed by atoms with E-state index in [0.29, 0.717) is 18.2 Å². The molecule has 0 aromatic carbocycles. The normalized spacial score (nSPS) is 26.2. The lowest BCUT2D eigenvalue weighted by Gasteiger charge is -2.36.